The Balaban J connectivity index is 2.12. The van der Waals surface area contributed by atoms with E-state index >= 15 is 0 Å². The van der Waals surface area contributed by atoms with Crippen LogP contribution in [0.3, 0.4) is 0 Å². The summed E-state index contributed by atoms with van der Waals surface area (Å²) in [4.78, 5) is 15.6. The maximum absolute atomic E-state index is 9.49. The van der Waals surface area contributed by atoms with Crippen molar-refractivity contribution in [1.82, 2.24) is 15.0 Å². The molecular formula is C23H28N4O4. The molecule has 0 amide bonds. The van der Waals surface area contributed by atoms with Gasteiger partial charge in [0.15, 0.2) is 0 Å². The number of pyridine rings is 3. The lowest BCUT2D eigenvalue weighted by Gasteiger charge is -2.24. The number of rotatable bonds is 11. The smallest absolute Gasteiger partial charge is 0.123 e. The molecule has 2 N–H and O–H groups in total. The molecule has 0 aliphatic carbocycles. The van der Waals surface area contributed by atoms with Gasteiger partial charge in [-0.2, -0.15) is 0 Å². The number of nitrogens with zero attached hydrogens (tertiary/aromatic N) is 4. The highest BCUT2D eigenvalue weighted by molar-refractivity contribution is 5.70. The molecule has 0 aromatic carbocycles. The summed E-state index contributed by atoms with van der Waals surface area (Å²) in [5.41, 5.74) is 3.39. The predicted molar refractivity (Wildman–Crippen MR) is 119 cm³/mol. The molecule has 0 saturated heterocycles. The van der Waals surface area contributed by atoms with Crippen LogP contribution in [-0.4, -0.2) is 64.7 Å². The quantitative estimate of drug-likeness (QED) is 0.485. The number of anilines is 1. The molecule has 31 heavy (non-hydrogen) atoms. The maximum Gasteiger partial charge on any atom is 0.123 e. The van der Waals surface area contributed by atoms with Crippen LogP contribution in [0.5, 0.6) is 11.5 Å². The summed E-state index contributed by atoms with van der Waals surface area (Å²) in [7, 11) is 0. The highest BCUT2D eigenvalue weighted by atomic mass is 16.5. The molecule has 164 valence electrons. The van der Waals surface area contributed by atoms with E-state index < -0.39 is 0 Å². The van der Waals surface area contributed by atoms with Crippen molar-refractivity contribution in [3.05, 3.63) is 48.8 Å². The summed E-state index contributed by atoms with van der Waals surface area (Å²) in [6.45, 7) is 5.64. The maximum atomic E-state index is 9.49. The second-order valence-corrected chi connectivity index (χ2v) is 6.65. The molecule has 0 aliphatic heterocycles. The van der Waals surface area contributed by atoms with Crippen molar-refractivity contribution < 1.29 is 19.7 Å². The fourth-order valence-corrected chi connectivity index (χ4v) is 3.19. The van der Waals surface area contributed by atoms with Crippen molar-refractivity contribution in [2.24, 2.45) is 0 Å². The van der Waals surface area contributed by atoms with Gasteiger partial charge in [-0.1, -0.05) is 0 Å². The Hall–Kier alpha value is -3.23. The van der Waals surface area contributed by atoms with Crippen molar-refractivity contribution >= 4 is 5.69 Å². The first-order chi connectivity index (χ1) is 15.2. The lowest BCUT2D eigenvalue weighted by atomic mass is 10.1. The molecule has 3 rings (SSSR count). The van der Waals surface area contributed by atoms with Crippen LogP contribution >= 0.6 is 0 Å². The highest BCUT2D eigenvalue weighted by Crippen LogP contribution is 2.30. The van der Waals surface area contributed by atoms with Crippen LogP contribution < -0.4 is 14.4 Å². The van der Waals surface area contributed by atoms with E-state index in [1.165, 1.54) is 0 Å². The standard InChI is InChI=1S/C23H28N4O4/c1-3-30-18-5-7-24-20(15-18)22-13-17(27(9-11-28)10-12-29)14-23(26-22)21-16-19(31-4-2)6-8-25-21/h5-8,13-16,28-29H,3-4,9-12H2,1-2H3. The zero-order chi connectivity index (χ0) is 22.1. The van der Waals surface area contributed by atoms with Crippen molar-refractivity contribution in [3.8, 4) is 34.3 Å². The van der Waals surface area contributed by atoms with Crippen LogP contribution in [0.2, 0.25) is 0 Å². The SMILES string of the molecule is CCOc1ccnc(-c2cc(N(CCO)CCO)cc(-c3cc(OCC)ccn3)n2)c1. The van der Waals surface area contributed by atoms with Crippen LogP contribution in [0, 0.1) is 0 Å². The van der Waals surface area contributed by atoms with E-state index in [0.29, 0.717) is 60.6 Å². The van der Waals surface area contributed by atoms with Gasteiger partial charge >= 0.3 is 0 Å². The lowest BCUT2D eigenvalue weighted by Crippen LogP contribution is -2.29. The average Bonchev–Trinajstić information content (AvgIpc) is 2.79. The summed E-state index contributed by atoms with van der Waals surface area (Å²) in [5, 5.41) is 19.0. The Bertz CT molecular complexity index is 910. The second-order valence-electron chi connectivity index (χ2n) is 6.65. The number of aliphatic hydroxyl groups excluding tert-OH is 2. The molecule has 8 heteroatoms. The Morgan fingerprint density at radius 1 is 0.742 bits per heavy atom. The van der Waals surface area contributed by atoms with E-state index in [1.54, 1.807) is 24.5 Å². The van der Waals surface area contributed by atoms with Gasteiger partial charge in [-0.05, 0) is 38.1 Å². The molecule has 0 saturated carbocycles. The molecule has 0 bridgehead atoms. The van der Waals surface area contributed by atoms with E-state index in [4.69, 9.17) is 14.5 Å². The van der Waals surface area contributed by atoms with Crippen molar-refractivity contribution in [2.45, 2.75) is 13.8 Å². The van der Waals surface area contributed by atoms with Gasteiger partial charge in [0, 0.05) is 43.3 Å². The molecule has 3 heterocycles. The Labute approximate surface area is 182 Å². The normalized spacial score (nSPS) is 10.7. The van der Waals surface area contributed by atoms with Gasteiger partial charge in [0.1, 0.15) is 11.5 Å². The van der Waals surface area contributed by atoms with Gasteiger partial charge < -0.3 is 24.6 Å². The summed E-state index contributed by atoms with van der Waals surface area (Å²) >= 11 is 0. The van der Waals surface area contributed by atoms with E-state index in [9.17, 15) is 10.2 Å². The van der Waals surface area contributed by atoms with E-state index in [-0.39, 0.29) is 13.2 Å². The minimum absolute atomic E-state index is 0.0386. The molecule has 8 nitrogen and oxygen atoms in total. The first-order valence-electron chi connectivity index (χ1n) is 10.4. The largest absolute Gasteiger partial charge is 0.494 e. The van der Waals surface area contributed by atoms with Crippen LogP contribution in [0.25, 0.3) is 22.8 Å². The summed E-state index contributed by atoms with van der Waals surface area (Å²) < 4.78 is 11.2. The van der Waals surface area contributed by atoms with Gasteiger partial charge in [-0.3, -0.25) is 9.97 Å². The molecule has 3 aromatic rings. The van der Waals surface area contributed by atoms with Crippen molar-refractivity contribution in [2.75, 3.05) is 44.4 Å². The summed E-state index contributed by atoms with van der Waals surface area (Å²) in [5.74, 6) is 1.42. The molecular weight excluding hydrogens is 396 g/mol. The van der Waals surface area contributed by atoms with E-state index in [1.807, 2.05) is 43.0 Å². The monoisotopic (exact) mass is 424 g/mol. The number of aromatic nitrogens is 3. The minimum Gasteiger partial charge on any atom is -0.494 e. The second kappa shape index (κ2) is 11.2. The number of aliphatic hydroxyl groups is 2. The van der Waals surface area contributed by atoms with Gasteiger partial charge in [0.25, 0.3) is 0 Å². The molecule has 0 atom stereocenters. The third kappa shape index (κ3) is 5.90. The number of ether oxygens (including phenoxy) is 2. The van der Waals surface area contributed by atoms with Crippen molar-refractivity contribution in [3.63, 3.8) is 0 Å². The van der Waals surface area contributed by atoms with Gasteiger partial charge in [0.2, 0.25) is 0 Å². The molecule has 0 unspecified atom stereocenters. The van der Waals surface area contributed by atoms with E-state index in [0.717, 1.165) is 5.69 Å². The molecule has 0 radical (unpaired) electrons. The number of hydrogen-bond acceptors (Lipinski definition) is 8. The Kier molecular flexibility index (Phi) is 8.14. The van der Waals surface area contributed by atoms with Gasteiger partial charge in [-0.25, -0.2) is 4.98 Å². The fourth-order valence-electron chi connectivity index (χ4n) is 3.19. The molecule has 0 spiro atoms. The van der Waals surface area contributed by atoms with Crippen molar-refractivity contribution in [1.29, 1.82) is 0 Å². The fraction of sp³-hybridized carbons (Fsp3) is 0.348. The minimum atomic E-state index is -0.0386. The van der Waals surface area contributed by atoms with Crippen LogP contribution in [0.15, 0.2) is 48.8 Å². The first-order valence-corrected chi connectivity index (χ1v) is 10.4. The first kappa shape index (κ1) is 22.5. The lowest BCUT2D eigenvalue weighted by molar-refractivity contribution is 0.281. The Morgan fingerprint density at radius 2 is 1.23 bits per heavy atom. The average molecular weight is 425 g/mol. The third-order valence-electron chi connectivity index (χ3n) is 4.52. The summed E-state index contributed by atoms with van der Waals surface area (Å²) in [6.07, 6.45) is 3.36. The van der Waals surface area contributed by atoms with Crippen LogP contribution in [-0.2, 0) is 0 Å². The predicted octanol–water partition coefficient (Wildman–Crippen LogP) is 2.79. The molecule has 0 aliphatic rings. The topological polar surface area (TPSA) is 101 Å². The zero-order valence-corrected chi connectivity index (χ0v) is 17.9. The summed E-state index contributed by atoms with van der Waals surface area (Å²) in [6, 6.07) is 11.1. The number of hydrogen-bond donors (Lipinski definition) is 2. The Morgan fingerprint density at radius 3 is 1.65 bits per heavy atom. The zero-order valence-electron chi connectivity index (χ0n) is 17.9. The van der Waals surface area contributed by atoms with Crippen LogP contribution in [0.4, 0.5) is 5.69 Å². The highest BCUT2D eigenvalue weighted by Gasteiger charge is 2.14. The molecule has 0 fully saturated rings. The third-order valence-corrected chi connectivity index (χ3v) is 4.52. The molecule has 3 aromatic heterocycles. The van der Waals surface area contributed by atoms with Gasteiger partial charge in [-0.15, -0.1) is 0 Å². The van der Waals surface area contributed by atoms with Crippen LogP contribution in [0.1, 0.15) is 13.8 Å². The van der Waals surface area contributed by atoms with Gasteiger partial charge in [0.05, 0.1) is 49.2 Å². The van der Waals surface area contributed by atoms with E-state index in [2.05, 4.69) is 9.97 Å².